The minimum atomic E-state index is -0.737. The summed E-state index contributed by atoms with van der Waals surface area (Å²) in [6, 6.07) is 5.75. The highest BCUT2D eigenvalue weighted by molar-refractivity contribution is 7.19. The molecule has 4 rings (SSSR count). The van der Waals surface area contributed by atoms with Crippen LogP contribution < -0.4 is 19.7 Å². The van der Waals surface area contributed by atoms with Crippen molar-refractivity contribution in [1.82, 2.24) is 9.97 Å². The number of methoxy groups -OCH3 is 2. The normalized spacial score (nSPS) is 14.6. The van der Waals surface area contributed by atoms with E-state index in [1.807, 2.05) is 30.0 Å². The SMILES string of the molecule is COc1ccc(CNc2nc(N3CCC(C(=O)O)CC3)nc3sc(C)c(Cl)c23)cc1OC. The van der Waals surface area contributed by atoms with E-state index in [-0.39, 0.29) is 5.92 Å². The van der Waals surface area contributed by atoms with Crippen molar-refractivity contribution in [3.63, 3.8) is 0 Å². The molecule has 2 N–H and O–H groups in total. The Morgan fingerprint density at radius 2 is 1.97 bits per heavy atom. The second kappa shape index (κ2) is 9.38. The minimum Gasteiger partial charge on any atom is -0.493 e. The molecule has 3 aromatic rings. The van der Waals surface area contributed by atoms with Gasteiger partial charge in [-0.2, -0.15) is 4.98 Å². The van der Waals surface area contributed by atoms with Crippen molar-refractivity contribution in [2.45, 2.75) is 26.3 Å². The maximum Gasteiger partial charge on any atom is 0.306 e. The number of hydrogen-bond acceptors (Lipinski definition) is 8. The zero-order valence-electron chi connectivity index (χ0n) is 18.1. The molecule has 0 spiro atoms. The monoisotopic (exact) mass is 476 g/mol. The quantitative estimate of drug-likeness (QED) is 0.511. The lowest BCUT2D eigenvalue weighted by molar-refractivity contribution is -0.142. The van der Waals surface area contributed by atoms with Gasteiger partial charge in [0.1, 0.15) is 10.6 Å². The Labute approximate surface area is 195 Å². The Hall–Kier alpha value is -2.78. The van der Waals surface area contributed by atoms with Crippen molar-refractivity contribution >= 4 is 50.9 Å². The van der Waals surface area contributed by atoms with Crippen LogP contribution >= 0.6 is 22.9 Å². The number of aliphatic carboxylic acids is 1. The van der Waals surface area contributed by atoms with Gasteiger partial charge in [0.15, 0.2) is 11.5 Å². The number of fused-ring (bicyclic) bond motifs is 1. The Morgan fingerprint density at radius 3 is 2.62 bits per heavy atom. The molecule has 3 heterocycles. The van der Waals surface area contributed by atoms with Crippen molar-refractivity contribution in [2.24, 2.45) is 5.92 Å². The fraction of sp³-hybridized carbons (Fsp3) is 0.409. The van der Waals surface area contributed by atoms with E-state index in [0.717, 1.165) is 20.7 Å². The summed E-state index contributed by atoms with van der Waals surface area (Å²) in [6.45, 7) is 3.69. The number of benzene rings is 1. The van der Waals surface area contributed by atoms with Crippen LogP contribution in [0.5, 0.6) is 11.5 Å². The van der Waals surface area contributed by atoms with Crippen LogP contribution in [0.15, 0.2) is 18.2 Å². The number of hydrogen-bond donors (Lipinski definition) is 2. The van der Waals surface area contributed by atoms with Crippen LogP contribution in [0.3, 0.4) is 0 Å². The molecule has 1 aliphatic rings. The number of carbonyl (C=O) groups is 1. The molecule has 0 bridgehead atoms. The van der Waals surface area contributed by atoms with Crippen molar-refractivity contribution in [3.05, 3.63) is 33.7 Å². The number of ether oxygens (including phenoxy) is 2. The van der Waals surface area contributed by atoms with Gasteiger partial charge in [-0.25, -0.2) is 4.98 Å². The Morgan fingerprint density at radius 1 is 1.25 bits per heavy atom. The predicted molar refractivity (Wildman–Crippen MR) is 127 cm³/mol. The van der Waals surface area contributed by atoms with Crippen molar-refractivity contribution in [2.75, 3.05) is 37.5 Å². The summed E-state index contributed by atoms with van der Waals surface area (Å²) in [5.41, 5.74) is 1.00. The van der Waals surface area contributed by atoms with Gasteiger partial charge in [-0.1, -0.05) is 17.7 Å². The van der Waals surface area contributed by atoms with Crippen LogP contribution in [-0.2, 0) is 11.3 Å². The highest BCUT2D eigenvalue weighted by atomic mass is 35.5. The minimum absolute atomic E-state index is 0.309. The zero-order chi connectivity index (χ0) is 22.8. The molecule has 1 aliphatic heterocycles. The molecule has 8 nitrogen and oxygen atoms in total. The summed E-state index contributed by atoms with van der Waals surface area (Å²) < 4.78 is 10.7. The van der Waals surface area contributed by atoms with Crippen LogP contribution in [0.4, 0.5) is 11.8 Å². The first-order chi connectivity index (χ1) is 15.4. The van der Waals surface area contributed by atoms with Gasteiger partial charge < -0.3 is 24.8 Å². The summed E-state index contributed by atoms with van der Waals surface area (Å²) >= 11 is 8.11. The largest absolute Gasteiger partial charge is 0.493 e. The molecule has 1 aromatic carbocycles. The van der Waals surface area contributed by atoms with Crippen molar-refractivity contribution in [3.8, 4) is 11.5 Å². The lowest BCUT2D eigenvalue weighted by atomic mass is 9.97. The van der Waals surface area contributed by atoms with Gasteiger partial charge in [0, 0.05) is 24.5 Å². The zero-order valence-corrected chi connectivity index (χ0v) is 19.7. The number of thiophene rings is 1. The summed E-state index contributed by atoms with van der Waals surface area (Å²) in [5, 5.41) is 14.1. The van der Waals surface area contributed by atoms with Gasteiger partial charge in [0.2, 0.25) is 5.95 Å². The molecule has 0 amide bonds. The highest BCUT2D eigenvalue weighted by Gasteiger charge is 2.27. The Balaban J connectivity index is 1.62. The molecule has 170 valence electrons. The third kappa shape index (κ3) is 4.40. The van der Waals surface area contributed by atoms with Crippen LogP contribution in [0.1, 0.15) is 23.3 Å². The van der Waals surface area contributed by atoms with E-state index >= 15 is 0 Å². The molecule has 32 heavy (non-hydrogen) atoms. The van der Waals surface area contributed by atoms with E-state index in [2.05, 4.69) is 5.32 Å². The van der Waals surface area contributed by atoms with Gasteiger partial charge in [-0.05, 0) is 37.5 Å². The molecule has 0 atom stereocenters. The number of rotatable bonds is 7. The first-order valence-corrected chi connectivity index (χ1v) is 11.5. The van der Waals surface area contributed by atoms with Crippen LogP contribution in [0, 0.1) is 12.8 Å². The molecule has 0 aliphatic carbocycles. The fourth-order valence-corrected chi connectivity index (χ4v) is 5.10. The average Bonchev–Trinajstić information content (AvgIpc) is 3.10. The number of anilines is 2. The number of carboxylic acids is 1. The van der Waals surface area contributed by atoms with Gasteiger partial charge in [-0.15, -0.1) is 11.3 Å². The molecule has 10 heteroatoms. The van der Waals surface area contributed by atoms with E-state index in [1.54, 1.807) is 14.2 Å². The molecular formula is C22H25ClN4O4S. The van der Waals surface area contributed by atoms with Crippen molar-refractivity contribution in [1.29, 1.82) is 0 Å². The summed E-state index contributed by atoms with van der Waals surface area (Å²) in [7, 11) is 3.21. The molecule has 2 aromatic heterocycles. The number of aryl methyl sites for hydroxylation is 1. The third-order valence-electron chi connectivity index (χ3n) is 5.68. The van der Waals surface area contributed by atoms with Crippen molar-refractivity contribution < 1.29 is 19.4 Å². The maximum absolute atomic E-state index is 11.3. The second-order valence-corrected chi connectivity index (χ2v) is 9.25. The van der Waals surface area contributed by atoms with Gasteiger partial charge >= 0.3 is 5.97 Å². The van der Waals surface area contributed by atoms with E-state index in [9.17, 15) is 9.90 Å². The summed E-state index contributed by atoms with van der Waals surface area (Å²) in [6.07, 6.45) is 1.16. The standard InChI is InChI=1S/C22H25ClN4O4S/c1-12-18(23)17-19(24-11-13-4-5-15(30-2)16(10-13)31-3)25-22(26-20(17)32-12)27-8-6-14(7-9-27)21(28)29/h4-5,10,14H,6-9,11H2,1-3H3,(H,28,29)(H,24,25,26). The Kier molecular flexibility index (Phi) is 6.57. The van der Waals surface area contributed by atoms with E-state index in [1.165, 1.54) is 11.3 Å². The number of nitrogens with zero attached hydrogens (tertiary/aromatic N) is 3. The lowest BCUT2D eigenvalue weighted by Gasteiger charge is -2.30. The first-order valence-electron chi connectivity index (χ1n) is 10.3. The summed E-state index contributed by atoms with van der Waals surface area (Å²) in [5.74, 6) is 1.54. The number of halogens is 1. The molecule has 0 saturated carbocycles. The Bertz CT molecular complexity index is 1140. The molecule has 0 unspecified atom stereocenters. The average molecular weight is 477 g/mol. The number of carboxylic acid groups (broad SMARTS) is 1. The number of nitrogens with one attached hydrogen (secondary N) is 1. The number of aromatic nitrogens is 2. The van der Waals surface area contributed by atoms with Crippen LogP contribution in [0.25, 0.3) is 10.2 Å². The lowest BCUT2D eigenvalue weighted by Crippen LogP contribution is -2.37. The molecule has 0 radical (unpaired) electrons. The second-order valence-electron chi connectivity index (χ2n) is 7.67. The highest BCUT2D eigenvalue weighted by Crippen LogP contribution is 2.39. The smallest absolute Gasteiger partial charge is 0.306 e. The predicted octanol–water partition coefficient (Wildman–Crippen LogP) is 4.58. The van der Waals surface area contributed by atoms with E-state index in [0.29, 0.717) is 60.8 Å². The summed E-state index contributed by atoms with van der Waals surface area (Å²) in [4.78, 5) is 24.6. The first kappa shape index (κ1) is 22.4. The molecule has 1 saturated heterocycles. The maximum atomic E-state index is 11.3. The van der Waals surface area contributed by atoms with Crippen LogP contribution in [-0.4, -0.2) is 48.4 Å². The van der Waals surface area contributed by atoms with Gasteiger partial charge in [-0.3, -0.25) is 4.79 Å². The third-order valence-corrected chi connectivity index (χ3v) is 7.26. The molecular weight excluding hydrogens is 452 g/mol. The van der Waals surface area contributed by atoms with Gasteiger partial charge in [0.25, 0.3) is 0 Å². The van der Waals surface area contributed by atoms with E-state index in [4.69, 9.17) is 31.0 Å². The topological polar surface area (TPSA) is 96.8 Å². The van der Waals surface area contributed by atoms with E-state index < -0.39 is 5.97 Å². The number of piperidine rings is 1. The van der Waals surface area contributed by atoms with Crippen LogP contribution in [0.2, 0.25) is 5.02 Å². The van der Waals surface area contributed by atoms with Gasteiger partial charge in [0.05, 0.1) is 30.5 Å². The molecule has 1 fully saturated rings. The fourth-order valence-electron chi connectivity index (χ4n) is 3.84.